The quantitative estimate of drug-likeness (QED) is 0.638. The van der Waals surface area contributed by atoms with Crippen LogP contribution in [0.2, 0.25) is 0 Å². The summed E-state index contributed by atoms with van der Waals surface area (Å²) in [5.74, 6) is 0. The molecule has 1 aromatic carbocycles. The van der Waals surface area contributed by atoms with Crippen molar-refractivity contribution in [3.63, 3.8) is 0 Å². The molecule has 0 aliphatic carbocycles. The highest BCUT2D eigenvalue weighted by molar-refractivity contribution is 14.1. The Morgan fingerprint density at radius 1 is 1.29 bits per heavy atom. The van der Waals surface area contributed by atoms with Gasteiger partial charge in [0.25, 0.3) is 0 Å². The van der Waals surface area contributed by atoms with E-state index in [1.807, 2.05) is 34.7 Å². The van der Waals surface area contributed by atoms with Gasteiger partial charge in [0.2, 0.25) is 5.43 Å². The molecular weight excluding hydrogens is 425 g/mol. The predicted molar refractivity (Wildman–Crippen MR) is 72.7 cm³/mol. The fourth-order valence-corrected chi connectivity index (χ4v) is 3.02. The summed E-state index contributed by atoms with van der Waals surface area (Å²) in [5, 5.41) is 0.693. The molecule has 0 atom stereocenters. The first-order valence-electron chi connectivity index (χ1n) is 3.75. The van der Waals surface area contributed by atoms with Gasteiger partial charge in [0.15, 0.2) is 0 Å². The van der Waals surface area contributed by atoms with E-state index >= 15 is 0 Å². The topological polar surface area (TPSA) is 32.9 Å². The molecule has 0 amide bonds. The van der Waals surface area contributed by atoms with Crippen LogP contribution >= 0.6 is 54.5 Å². The fourth-order valence-electron chi connectivity index (χ4n) is 1.23. The maximum absolute atomic E-state index is 11.8. The largest absolute Gasteiger partial charge is 0.359 e. The van der Waals surface area contributed by atoms with Crippen molar-refractivity contribution in [1.29, 1.82) is 0 Å². The van der Waals surface area contributed by atoms with Gasteiger partial charge in [-0.1, -0.05) is 15.9 Å². The SMILES string of the molecule is O=c1c(I)c[nH]c2c(Br)cc(Br)cc12. The van der Waals surface area contributed by atoms with E-state index in [4.69, 9.17) is 0 Å². The summed E-state index contributed by atoms with van der Waals surface area (Å²) in [7, 11) is 0. The van der Waals surface area contributed by atoms with Crippen LogP contribution in [-0.4, -0.2) is 4.98 Å². The second-order valence-corrected chi connectivity index (χ2v) is 5.71. The number of aromatic amines is 1. The Balaban J connectivity index is 3.03. The van der Waals surface area contributed by atoms with Crippen LogP contribution in [0.1, 0.15) is 0 Å². The molecule has 0 saturated carbocycles. The molecule has 0 aliphatic heterocycles. The Morgan fingerprint density at radius 2 is 2.00 bits per heavy atom. The molecule has 5 heteroatoms. The van der Waals surface area contributed by atoms with Crippen LogP contribution in [0.4, 0.5) is 0 Å². The molecule has 14 heavy (non-hydrogen) atoms. The highest BCUT2D eigenvalue weighted by Gasteiger charge is 2.06. The molecule has 1 N–H and O–H groups in total. The average Bonchev–Trinajstić information content (AvgIpc) is 2.12. The minimum absolute atomic E-state index is 0.0568. The lowest BCUT2D eigenvalue weighted by atomic mass is 10.2. The van der Waals surface area contributed by atoms with Crippen LogP contribution in [0.5, 0.6) is 0 Å². The highest BCUT2D eigenvalue weighted by atomic mass is 127. The van der Waals surface area contributed by atoms with E-state index in [2.05, 4.69) is 36.8 Å². The van der Waals surface area contributed by atoms with Gasteiger partial charge in [-0.15, -0.1) is 0 Å². The molecule has 0 bridgehead atoms. The van der Waals surface area contributed by atoms with Crippen molar-refractivity contribution in [1.82, 2.24) is 4.98 Å². The number of benzene rings is 1. The zero-order valence-corrected chi connectivity index (χ0v) is 12.1. The van der Waals surface area contributed by atoms with Crippen molar-refractivity contribution in [2.24, 2.45) is 0 Å². The van der Waals surface area contributed by atoms with Gasteiger partial charge in [-0.3, -0.25) is 4.79 Å². The monoisotopic (exact) mass is 427 g/mol. The Kier molecular flexibility index (Phi) is 2.99. The second-order valence-electron chi connectivity index (χ2n) is 2.78. The molecule has 72 valence electrons. The van der Waals surface area contributed by atoms with E-state index in [1.54, 1.807) is 6.20 Å². The van der Waals surface area contributed by atoms with Crippen LogP contribution in [0.3, 0.4) is 0 Å². The molecular formula is C9H4Br2INO. The number of rotatable bonds is 0. The van der Waals surface area contributed by atoms with Crippen molar-refractivity contribution in [2.45, 2.75) is 0 Å². The first-order chi connectivity index (χ1) is 6.59. The van der Waals surface area contributed by atoms with E-state index in [-0.39, 0.29) is 5.43 Å². The molecule has 2 rings (SSSR count). The minimum Gasteiger partial charge on any atom is -0.359 e. The Bertz CT molecular complexity index is 564. The second kappa shape index (κ2) is 3.94. The summed E-state index contributed by atoms with van der Waals surface area (Å²) in [4.78, 5) is 14.8. The summed E-state index contributed by atoms with van der Waals surface area (Å²) in [6.07, 6.45) is 1.71. The lowest BCUT2D eigenvalue weighted by Gasteiger charge is -2.01. The van der Waals surface area contributed by atoms with Crippen LogP contribution in [0, 0.1) is 3.57 Å². The van der Waals surface area contributed by atoms with E-state index in [1.165, 1.54) is 0 Å². The minimum atomic E-state index is 0.0568. The molecule has 2 aromatic rings. The van der Waals surface area contributed by atoms with Gasteiger partial charge in [0.05, 0.1) is 9.09 Å². The van der Waals surface area contributed by atoms with Gasteiger partial charge >= 0.3 is 0 Å². The van der Waals surface area contributed by atoms with Crippen LogP contribution in [-0.2, 0) is 0 Å². The summed E-state index contributed by atoms with van der Waals surface area (Å²) in [6, 6.07) is 3.73. The van der Waals surface area contributed by atoms with Crippen LogP contribution in [0.15, 0.2) is 32.1 Å². The molecule has 2 nitrogen and oxygen atoms in total. The van der Waals surface area contributed by atoms with E-state index < -0.39 is 0 Å². The third kappa shape index (κ3) is 1.77. The number of nitrogens with one attached hydrogen (secondary N) is 1. The lowest BCUT2D eigenvalue weighted by Crippen LogP contribution is -2.06. The average molecular weight is 429 g/mol. The number of fused-ring (bicyclic) bond motifs is 1. The smallest absolute Gasteiger partial charge is 0.202 e. The zero-order chi connectivity index (χ0) is 10.3. The molecule has 0 fully saturated rings. The number of hydrogen-bond acceptors (Lipinski definition) is 1. The van der Waals surface area contributed by atoms with E-state index in [0.717, 1.165) is 14.5 Å². The van der Waals surface area contributed by atoms with Gasteiger partial charge in [-0.2, -0.15) is 0 Å². The number of halogens is 3. The van der Waals surface area contributed by atoms with Crippen LogP contribution in [0.25, 0.3) is 10.9 Å². The molecule has 0 unspecified atom stereocenters. The number of H-pyrrole nitrogens is 1. The maximum atomic E-state index is 11.8. The summed E-state index contributed by atoms with van der Waals surface area (Å²) in [6.45, 7) is 0. The van der Waals surface area contributed by atoms with Crippen molar-refractivity contribution in [2.75, 3.05) is 0 Å². The maximum Gasteiger partial charge on any atom is 0.202 e. The standard InChI is InChI=1S/C9H4Br2INO/c10-4-1-5-8(6(11)2-4)13-3-7(12)9(5)14/h1-3H,(H,13,14). The molecule has 1 aromatic heterocycles. The van der Waals surface area contributed by atoms with Gasteiger partial charge < -0.3 is 4.98 Å². The van der Waals surface area contributed by atoms with Gasteiger partial charge in [0, 0.05) is 20.5 Å². The molecule has 0 radical (unpaired) electrons. The third-order valence-electron chi connectivity index (χ3n) is 1.86. The summed E-state index contributed by atoms with van der Waals surface area (Å²) < 4.78 is 2.47. The number of aromatic nitrogens is 1. The van der Waals surface area contributed by atoms with Crippen molar-refractivity contribution >= 4 is 65.4 Å². The molecule has 1 heterocycles. The predicted octanol–water partition coefficient (Wildman–Crippen LogP) is 3.66. The summed E-state index contributed by atoms with van der Waals surface area (Å²) in [5.41, 5.74) is 0.889. The number of hydrogen-bond donors (Lipinski definition) is 1. The lowest BCUT2D eigenvalue weighted by molar-refractivity contribution is 1.35. The normalized spacial score (nSPS) is 10.8. The van der Waals surface area contributed by atoms with Crippen molar-refractivity contribution < 1.29 is 0 Å². The molecule has 0 saturated heterocycles. The van der Waals surface area contributed by atoms with Gasteiger partial charge in [-0.25, -0.2) is 0 Å². The van der Waals surface area contributed by atoms with Crippen LogP contribution < -0.4 is 5.43 Å². The highest BCUT2D eigenvalue weighted by Crippen LogP contribution is 2.25. The third-order valence-corrected chi connectivity index (χ3v) is 3.74. The Labute approximate surface area is 110 Å². The summed E-state index contributed by atoms with van der Waals surface area (Å²) >= 11 is 8.78. The number of pyridine rings is 1. The van der Waals surface area contributed by atoms with Gasteiger partial charge in [-0.05, 0) is 50.7 Å². The zero-order valence-electron chi connectivity index (χ0n) is 6.77. The fraction of sp³-hybridized carbons (Fsp3) is 0. The van der Waals surface area contributed by atoms with Crippen molar-refractivity contribution in [3.05, 3.63) is 41.1 Å². The van der Waals surface area contributed by atoms with E-state index in [9.17, 15) is 4.79 Å². The first kappa shape index (κ1) is 10.6. The Hall–Kier alpha value is 0.120. The Morgan fingerprint density at radius 3 is 2.71 bits per heavy atom. The molecule has 0 spiro atoms. The van der Waals surface area contributed by atoms with E-state index in [0.29, 0.717) is 8.96 Å². The first-order valence-corrected chi connectivity index (χ1v) is 6.42. The molecule has 0 aliphatic rings. The van der Waals surface area contributed by atoms with Crippen molar-refractivity contribution in [3.8, 4) is 0 Å². The van der Waals surface area contributed by atoms with Gasteiger partial charge in [0.1, 0.15) is 0 Å².